The van der Waals surface area contributed by atoms with Gasteiger partial charge in [0.2, 0.25) is 0 Å². The molecule has 0 bridgehead atoms. The molecule has 0 fully saturated rings. The molecule has 1 aliphatic carbocycles. The van der Waals surface area contributed by atoms with Gasteiger partial charge < -0.3 is 5.11 Å². The molecule has 1 unspecified atom stereocenters. The van der Waals surface area contributed by atoms with Crippen LogP contribution in [0.25, 0.3) is 0 Å². The summed E-state index contributed by atoms with van der Waals surface area (Å²) in [5.41, 5.74) is 4.00. The summed E-state index contributed by atoms with van der Waals surface area (Å²) in [6.45, 7) is 6.86. The van der Waals surface area contributed by atoms with Crippen LogP contribution < -0.4 is 0 Å². The average Bonchev–Trinajstić information content (AvgIpc) is 2.54. The first kappa shape index (κ1) is 12.2. The molecule has 2 nitrogen and oxygen atoms in total. The van der Waals surface area contributed by atoms with E-state index >= 15 is 0 Å². The maximum atomic E-state index is 10.7. The van der Waals surface area contributed by atoms with E-state index in [1.165, 1.54) is 11.1 Å². The van der Waals surface area contributed by atoms with Crippen LogP contribution in [0.3, 0.4) is 0 Å². The number of carboxylic acids is 1. The topological polar surface area (TPSA) is 37.3 Å². The van der Waals surface area contributed by atoms with E-state index in [0.29, 0.717) is 11.3 Å². The maximum Gasteiger partial charge on any atom is 0.307 e. The van der Waals surface area contributed by atoms with Crippen molar-refractivity contribution in [2.24, 2.45) is 11.3 Å². The van der Waals surface area contributed by atoms with E-state index in [4.69, 9.17) is 5.11 Å². The zero-order valence-corrected chi connectivity index (χ0v) is 10.8. The highest BCUT2D eigenvalue weighted by Crippen LogP contribution is 2.42. The van der Waals surface area contributed by atoms with Crippen LogP contribution in [0.2, 0.25) is 0 Å². The number of aliphatic carboxylic acids is 1. The van der Waals surface area contributed by atoms with Crippen molar-refractivity contribution in [1.82, 2.24) is 0 Å². The molecule has 0 radical (unpaired) electrons. The molecule has 0 saturated heterocycles. The summed E-state index contributed by atoms with van der Waals surface area (Å²) in [5, 5.41) is 8.81. The van der Waals surface area contributed by atoms with Crippen LogP contribution in [-0.2, 0) is 24.1 Å². The lowest BCUT2D eigenvalue weighted by molar-refractivity contribution is -0.136. The molecule has 0 aliphatic heterocycles. The Bertz CT molecular complexity index is 448. The third-order valence-corrected chi connectivity index (χ3v) is 4.21. The van der Waals surface area contributed by atoms with Crippen molar-refractivity contribution in [3.63, 3.8) is 0 Å². The number of hydrogen-bond acceptors (Lipinski definition) is 1. The Morgan fingerprint density at radius 1 is 1.35 bits per heavy atom. The molecule has 17 heavy (non-hydrogen) atoms. The minimum atomic E-state index is -0.755. The summed E-state index contributed by atoms with van der Waals surface area (Å²) in [6.07, 6.45) is 2.33. The second-order valence-electron chi connectivity index (χ2n) is 5.84. The van der Waals surface area contributed by atoms with E-state index in [1.807, 2.05) is 6.07 Å². The Hall–Kier alpha value is -1.31. The smallest absolute Gasteiger partial charge is 0.307 e. The van der Waals surface area contributed by atoms with Gasteiger partial charge in [-0.15, -0.1) is 0 Å². The van der Waals surface area contributed by atoms with Crippen molar-refractivity contribution in [1.29, 1.82) is 0 Å². The molecular formula is C15H20O2. The molecule has 1 N–H and O–H groups in total. The summed E-state index contributed by atoms with van der Waals surface area (Å²) in [5.74, 6) is -0.104. The van der Waals surface area contributed by atoms with Gasteiger partial charge in [0.1, 0.15) is 0 Å². The fourth-order valence-electron chi connectivity index (χ4n) is 2.64. The van der Waals surface area contributed by atoms with Crippen molar-refractivity contribution in [3.05, 3.63) is 34.9 Å². The van der Waals surface area contributed by atoms with Gasteiger partial charge in [0.25, 0.3) is 0 Å². The number of carbonyl (C=O) groups is 1. The molecule has 0 saturated carbocycles. The van der Waals surface area contributed by atoms with Crippen LogP contribution >= 0.6 is 0 Å². The number of carboxylic acid groups (broad SMARTS) is 1. The largest absolute Gasteiger partial charge is 0.481 e. The van der Waals surface area contributed by atoms with E-state index in [2.05, 4.69) is 32.9 Å². The van der Waals surface area contributed by atoms with E-state index in [-0.39, 0.29) is 6.42 Å². The standard InChI is InChI=1S/C15H20O2/c1-10(2)15(3)8-12-5-4-11(7-14(16)17)6-13(12)9-15/h4-6,10H,7-9H2,1-3H3,(H,16,17). The summed E-state index contributed by atoms with van der Waals surface area (Å²) in [7, 11) is 0. The Morgan fingerprint density at radius 2 is 2.00 bits per heavy atom. The lowest BCUT2D eigenvalue weighted by Gasteiger charge is -2.28. The van der Waals surface area contributed by atoms with Crippen LogP contribution in [0.15, 0.2) is 18.2 Å². The van der Waals surface area contributed by atoms with Gasteiger partial charge in [-0.3, -0.25) is 4.79 Å². The van der Waals surface area contributed by atoms with Gasteiger partial charge >= 0.3 is 5.97 Å². The van der Waals surface area contributed by atoms with Crippen molar-refractivity contribution < 1.29 is 9.90 Å². The van der Waals surface area contributed by atoms with Crippen LogP contribution in [0.5, 0.6) is 0 Å². The number of hydrogen-bond donors (Lipinski definition) is 1. The number of rotatable bonds is 3. The minimum absolute atomic E-state index is 0.131. The molecule has 0 heterocycles. The SMILES string of the molecule is CC(C)C1(C)Cc2ccc(CC(=O)O)cc2C1. The van der Waals surface area contributed by atoms with Crippen LogP contribution in [0.1, 0.15) is 37.5 Å². The molecule has 1 aliphatic rings. The highest BCUT2D eigenvalue weighted by Gasteiger charge is 2.35. The molecule has 92 valence electrons. The van der Waals surface area contributed by atoms with Crippen LogP contribution in [0.4, 0.5) is 0 Å². The molecule has 0 spiro atoms. The first-order valence-electron chi connectivity index (χ1n) is 6.23. The minimum Gasteiger partial charge on any atom is -0.481 e. The predicted octanol–water partition coefficient (Wildman–Crippen LogP) is 3.07. The zero-order chi connectivity index (χ0) is 12.6. The first-order chi connectivity index (χ1) is 7.90. The highest BCUT2D eigenvalue weighted by atomic mass is 16.4. The van der Waals surface area contributed by atoms with Crippen molar-refractivity contribution in [3.8, 4) is 0 Å². The third kappa shape index (κ3) is 2.36. The quantitative estimate of drug-likeness (QED) is 0.869. The second-order valence-corrected chi connectivity index (χ2v) is 5.84. The molecule has 0 amide bonds. The van der Waals surface area contributed by atoms with Gasteiger partial charge in [-0.25, -0.2) is 0 Å². The number of fused-ring (bicyclic) bond motifs is 1. The molecule has 0 aromatic heterocycles. The Labute approximate surface area is 103 Å². The molecule has 1 aromatic rings. The van der Waals surface area contributed by atoms with Crippen LogP contribution in [-0.4, -0.2) is 11.1 Å². The lowest BCUT2D eigenvalue weighted by Crippen LogP contribution is -2.23. The molecule has 2 rings (SSSR count). The highest BCUT2D eigenvalue weighted by molar-refractivity contribution is 5.70. The third-order valence-electron chi connectivity index (χ3n) is 4.21. The molecule has 1 aromatic carbocycles. The van der Waals surface area contributed by atoms with E-state index in [9.17, 15) is 4.79 Å². The second kappa shape index (κ2) is 4.17. The first-order valence-corrected chi connectivity index (χ1v) is 6.23. The zero-order valence-electron chi connectivity index (χ0n) is 10.8. The van der Waals surface area contributed by atoms with Gasteiger partial charge in [0.15, 0.2) is 0 Å². The van der Waals surface area contributed by atoms with Crippen molar-refractivity contribution >= 4 is 5.97 Å². The predicted molar refractivity (Wildman–Crippen MR) is 68.1 cm³/mol. The molecule has 1 atom stereocenters. The summed E-state index contributed by atoms with van der Waals surface area (Å²) >= 11 is 0. The monoisotopic (exact) mass is 232 g/mol. The molecular weight excluding hydrogens is 212 g/mol. The fourth-order valence-corrected chi connectivity index (χ4v) is 2.64. The van der Waals surface area contributed by atoms with Gasteiger partial charge in [-0.2, -0.15) is 0 Å². The Morgan fingerprint density at radius 3 is 2.59 bits per heavy atom. The van der Waals surface area contributed by atoms with Gasteiger partial charge in [-0.05, 0) is 40.9 Å². The summed E-state index contributed by atoms with van der Waals surface area (Å²) in [6, 6.07) is 6.15. The lowest BCUT2D eigenvalue weighted by atomic mass is 9.77. The molecule has 2 heteroatoms. The van der Waals surface area contributed by atoms with Crippen molar-refractivity contribution in [2.75, 3.05) is 0 Å². The Kier molecular flexibility index (Phi) is 2.98. The van der Waals surface area contributed by atoms with Crippen LogP contribution in [0, 0.1) is 11.3 Å². The van der Waals surface area contributed by atoms with E-state index in [0.717, 1.165) is 18.4 Å². The maximum absolute atomic E-state index is 10.7. The van der Waals surface area contributed by atoms with Gasteiger partial charge in [-0.1, -0.05) is 39.0 Å². The summed E-state index contributed by atoms with van der Waals surface area (Å²) < 4.78 is 0. The fraction of sp³-hybridized carbons (Fsp3) is 0.533. The van der Waals surface area contributed by atoms with Crippen molar-refractivity contribution in [2.45, 2.75) is 40.0 Å². The summed E-state index contributed by atoms with van der Waals surface area (Å²) in [4.78, 5) is 10.7. The average molecular weight is 232 g/mol. The normalized spacial score (nSPS) is 22.8. The van der Waals surface area contributed by atoms with Gasteiger partial charge in [0, 0.05) is 0 Å². The number of benzene rings is 1. The van der Waals surface area contributed by atoms with E-state index in [1.54, 1.807) is 0 Å². The van der Waals surface area contributed by atoms with Gasteiger partial charge in [0.05, 0.1) is 6.42 Å². The Balaban J connectivity index is 2.25. The van der Waals surface area contributed by atoms with E-state index < -0.39 is 5.97 Å².